The molecule has 0 aliphatic heterocycles. The first-order valence-corrected chi connectivity index (χ1v) is 8.47. The molecule has 0 radical (unpaired) electrons. The van der Waals surface area contributed by atoms with E-state index < -0.39 is 0 Å². The molecule has 0 amide bonds. The van der Waals surface area contributed by atoms with Crippen LogP contribution < -0.4 is 0 Å². The minimum absolute atomic E-state index is 0.0321. The average Bonchev–Trinajstić information content (AvgIpc) is 2.65. The Morgan fingerprint density at radius 1 is 0.958 bits per heavy atom. The molecule has 0 saturated carbocycles. The van der Waals surface area contributed by atoms with Gasteiger partial charge in [-0.15, -0.1) is 0 Å². The number of carbonyl (C=O) groups excluding carboxylic acids is 2. The second-order valence-electron chi connectivity index (χ2n) is 5.97. The molecule has 0 spiro atoms. The van der Waals surface area contributed by atoms with Crippen molar-refractivity contribution in [3.63, 3.8) is 0 Å². The standard InChI is InChI=1S/C21H24O3/c1-3-16(2)21(23)24-15-7-8-17-11-13-19(14-12-17)20(22)18-9-5-4-6-10-18/h4-6,9-14,16H,3,7-8,15H2,1-2H3/t16-/m0/s1. The van der Waals surface area contributed by atoms with Gasteiger partial charge in [0, 0.05) is 11.1 Å². The van der Waals surface area contributed by atoms with Gasteiger partial charge in [-0.3, -0.25) is 9.59 Å². The summed E-state index contributed by atoms with van der Waals surface area (Å²) in [5.74, 6) is -0.126. The van der Waals surface area contributed by atoms with Gasteiger partial charge in [0.25, 0.3) is 0 Å². The van der Waals surface area contributed by atoms with Crippen LogP contribution in [0.15, 0.2) is 54.6 Å². The molecule has 0 bridgehead atoms. The summed E-state index contributed by atoms with van der Waals surface area (Å²) < 4.78 is 5.24. The lowest BCUT2D eigenvalue weighted by atomic mass is 10.0. The predicted octanol–water partition coefficient (Wildman–Crippen LogP) is 4.44. The van der Waals surface area contributed by atoms with Gasteiger partial charge in [0.05, 0.1) is 12.5 Å². The molecule has 0 aromatic heterocycles. The van der Waals surface area contributed by atoms with Gasteiger partial charge >= 0.3 is 5.97 Å². The average molecular weight is 324 g/mol. The Balaban J connectivity index is 1.82. The van der Waals surface area contributed by atoms with E-state index in [-0.39, 0.29) is 17.7 Å². The number of esters is 1. The molecule has 3 heteroatoms. The van der Waals surface area contributed by atoms with E-state index in [2.05, 4.69) is 0 Å². The number of carbonyl (C=O) groups is 2. The highest BCUT2D eigenvalue weighted by atomic mass is 16.5. The van der Waals surface area contributed by atoms with E-state index in [0.29, 0.717) is 17.7 Å². The van der Waals surface area contributed by atoms with Crippen molar-refractivity contribution >= 4 is 11.8 Å². The molecule has 0 saturated heterocycles. The smallest absolute Gasteiger partial charge is 0.308 e. The molecule has 0 aliphatic carbocycles. The van der Waals surface area contributed by atoms with Crippen molar-refractivity contribution in [2.75, 3.05) is 6.61 Å². The first-order valence-electron chi connectivity index (χ1n) is 8.47. The summed E-state index contributed by atoms with van der Waals surface area (Å²) in [5, 5.41) is 0. The van der Waals surface area contributed by atoms with Gasteiger partial charge in [-0.1, -0.05) is 68.4 Å². The van der Waals surface area contributed by atoms with Crippen molar-refractivity contribution in [3.05, 3.63) is 71.3 Å². The Kier molecular flexibility index (Phi) is 6.74. The fraction of sp³-hybridized carbons (Fsp3) is 0.333. The predicted molar refractivity (Wildman–Crippen MR) is 95.1 cm³/mol. The lowest BCUT2D eigenvalue weighted by molar-refractivity contribution is -0.148. The zero-order valence-corrected chi connectivity index (χ0v) is 14.3. The van der Waals surface area contributed by atoms with Crippen molar-refractivity contribution in [1.29, 1.82) is 0 Å². The molecule has 0 N–H and O–H groups in total. The highest BCUT2D eigenvalue weighted by molar-refractivity contribution is 6.08. The lowest BCUT2D eigenvalue weighted by Gasteiger charge is -2.09. The van der Waals surface area contributed by atoms with Crippen LogP contribution in [0.5, 0.6) is 0 Å². The summed E-state index contributed by atoms with van der Waals surface area (Å²) in [6, 6.07) is 16.9. The van der Waals surface area contributed by atoms with Crippen molar-refractivity contribution in [2.45, 2.75) is 33.1 Å². The lowest BCUT2D eigenvalue weighted by Crippen LogP contribution is -2.14. The van der Waals surface area contributed by atoms with Crippen LogP contribution in [0.4, 0.5) is 0 Å². The Morgan fingerprint density at radius 2 is 1.58 bits per heavy atom. The van der Waals surface area contributed by atoms with E-state index in [0.717, 1.165) is 24.8 Å². The van der Waals surface area contributed by atoms with E-state index in [1.54, 1.807) is 0 Å². The van der Waals surface area contributed by atoms with E-state index in [1.165, 1.54) is 0 Å². The normalized spacial score (nSPS) is 11.8. The quantitative estimate of drug-likeness (QED) is 0.409. The second-order valence-corrected chi connectivity index (χ2v) is 5.97. The van der Waals surface area contributed by atoms with Crippen LogP contribution in [0.3, 0.4) is 0 Å². The first-order chi connectivity index (χ1) is 11.6. The number of hydrogen-bond acceptors (Lipinski definition) is 3. The van der Waals surface area contributed by atoms with Crippen LogP contribution in [0.1, 0.15) is 48.2 Å². The van der Waals surface area contributed by atoms with Crippen LogP contribution in [0.25, 0.3) is 0 Å². The molecule has 24 heavy (non-hydrogen) atoms. The summed E-state index contributed by atoms with van der Waals surface area (Å²) in [4.78, 5) is 23.9. The molecule has 2 rings (SSSR count). The van der Waals surface area contributed by atoms with Crippen LogP contribution in [0.2, 0.25) is 0 Å². The number of ether oxygens (including phenoxy) is 1. The molecule has 2 aromatic rings. The molecule has 0 fully saturated rings. The van der Waals surface area contributed by atoms with E-state index in [9.17, 15) is 9.59 Å². The third-order valence-corrected chi connectivity index (χ3v) is 4.12. The fourth-order valence-corrected chi connectivity index (χ4v) is 2.34. The fourth-order valence-electron chi connectivity index (χ4n) is 2.34. The van der Waals surface area contributed by atoms with E-state index >= 15 is 0 Å². The van der Waals surface area contributed by atoms with Gasteiger partial charge in [0.2, 0.25) is 0 Å². The SMILES string of the molecule is CC[C@H](C)C(=O)OCCCc1ccc(C(=O)c2ccccc2)cc1. The molecule has 0 unspecified atom stereocenters. The molecular weight excluding hydrogens is 300 g/mol. The molecule has 0 aliphatic rings. The minimum atomic E-state index is -0.124. The summed E-state index contributed by atoms with van der Waals surface area (Å²) >= 11 is 0. The van der Waals surface area contributed by atoms with Gasteiger partial charge in [0.15, 0.2) is 5.78 Å². The number of benzene rings is 2. The van der Waals surface area contributed by atoms with Gasteiger partial charge in [0.1, 0.15) is 0 Å². The first kappa shape index (κ1) is 17.9. The van der Waals surface area contributed by atoms with Gasteiger partial charge < -0.3 is 4.74 Å². The molecule has 126 valence electrons. The number of rotatable bonds is 8. The summed E-state index contributed by atoms with van der Waals surface area (Å²) in [6.45, 7) is 4.29. The molecule has 1 atom stereocenters. The third-order valence-electron chi connectivity index (χ3n) is 4.12. The number of hydrogen-bond donors (Lipinski definition) is 0. The van der Waals surface area contributed by atoms with Crippen molar-refractivity contribution < 1.29 is 14.3 Å². The van der Waals surface area contributed by atoms with Crippen LogP contribution in [-0.4, -0.2) is 18.4 Å². The highest BCUT2D eigenvalue weighted by Crippen LogP contribution is 2.12. The van der Waals surface area contributed by atoms with Crippen LogP contribution in [0, 0.1) is 5.92 Å². The van der Waals surface area contributed by atoms with E-state index in [4.69, 9.17) is 4.74 Å². The maximum absolute atomic E-state index is 12.3. The Hall–Kier alpha value is -2.42. The summed E-state index contributed by atoms with van der Waals surface area (Å²) in [5.41, 5.74) is 2.52. The van der Waals surface area contributed by atoms with Gasteiger partial charge in [-0.2, -0.15) is 0 Å². The maximum atomic E-state index is 12.3. The molecular formula is C21H24O3. The Labute approximate surface area is 143 Å². The van der Waals surface area contributed by atoms with Crippen molar-refractivity contribution in [1.82, 2.24) is 0 Å². The second kappa shape index (κ2) is 9.02. The Morgan fingerprint density at radius 3 is 2.21 bits per heavy atom. The third kappa shape index (κ3) is 5.05. The zero-order valence-electron chi connectivity index (χ0n) is 14.3. The number of aryl methyl sites for hydroxylation is 1. The summed E-state index contributed by atoms with van der Waals surface area (Å²) in [6.07, 6.45) is 2.41. The highest BCUT2D eigenvalue weighted by Gasteiger charge is 2.11. The van der Waals surface area contributed by atoms with Crippen LogP contribution >= 0.6 is 0 Å². The minimum Gasteiger partial charge on any atom is -0.465 e. The topological polar surface area (TPSA) is 43.4 Å². The molecule has 0 heterocycles. The van der Waals surface area contributed by atoms with Crippen molar-refractivity contribution in [2.24, 2.45) is 5.92 Å². The number of ketones is 1. The van der Waals surface area contributed by atoms with Crippen molar-refractivity contribution in [3.8, 4) is 0 Å². The van der Waals surface area contributed by atoms with Gasteiger partial charge in [-0.05, 0) is 24.8 Å². The Bertz CT molecular complexity index is 659. The maximum Gasteiger partial charge on any atom is 0.308 e. The van der Waals surface area contributed by atoms with E-state index in [1.807, 2.05) is 68.4 Å². The largest absolute Gasteiger partial charge is 0.465 e. The molecule has 2 aromatic carbocycles. The van der Waals surface area contributed by atoms with Gasteiger partial charge in [-0.25, -0.2) is 0 Å². The summed E-state index contributed by atoms with van der Waals surface area (Å²) in [7, 11) is 0. The zero-order chi connectivity index (χ0) is 17.4. The van der Waals surface area contributed by atoms with Crippen LogP contribution in [-0.2, 0) is 16.0 Å². The molecule has 3 nitrogen and oxygen atoms in total. The monoisotopic (exact) mass is 324 g/mol.